The lowest BCUT2D eigenvalue weighted by molar-refractivity contribution is -0.137. The molecule has 26 heavy (non-hydrogen) atoms. The van der Waals surface area contributed by atoms with Gasteiger partial charge >= 0.3 is 5.97 Å². The van der Waals surface area contributed by atoms with Crippen LogP contribution in [0.3, 0.4) is 0 Å². The average Bonchev–Trinajstić information content (AvgIpc) is 2.88. The highest BCUT2D eigenvalue weighted by atomic mass is 32.2. The number of thioether (sulfide) groups is 1. The Morgan fingerprint density at radius 3 is 2.69 bits per heavy atom. The number of unbranched alkanes of at least 4 members (excludes halogenated alkanes) is 2. The van der Waals surface area contributed by atoms with Crippen LogP contribution in [0, 0.1) is 0 Å². The van der Waals surface area contributed by atoms with Gasteiger partial charge in [0.1, 0.15) is 4.32 Å². The molecule has 0 aromatic heterocycles. The summed E-state index contributed by atoms with van der Waals surface area (Å²) in [5.41, 5.74) is 0.744. The first-order valence-electron chi connectivity index (χ1n) is 8.16. The van der Waals surface area contributed by atoms with Crippen LogP contribution in [-0.2, 0) is 9.59 Å². The van der Waals surface area contributed by atoms with Crippen molar-refractivity contribution in [3.63, 3.8) is 0 Å². The molecule has 0 atom stereocenters. The molecule has 1 aliphatic heterocycles. The molecule has 2 rings (SSSR count). The summed E-state index contributed by atoms with van der Waals surface area (Å²) in [5.74, 6) is 0.220. The van der Waals surface area contributed by atoms with Crippen molar-refractivity contribution in [3.05, 3.63) is 28.7 Å². The number of methoxy groups -OCH3 is 2. The third-order valence-corrected chi connectivity index (χ3v) is 5.24. The van der Waals surface area contributed by atoms with Crippen LogP contribution >= 0.6 is 24.0 Å². The van der Waals surface area contributed by atoms with Gasteiger partial charge in [0.15, 0.2) is 11.5 Å². The number of nitrogens with zero attached hydrogens (tertiary/aromatic N) is 1. The van der Waals surface area contributed by atoms with E-state index in [-0.39, 0.29) is 12.3 Å². The first kappa shape index (κ1) is 20.3. The number of ether oxygens (including phenoxy) is 2. The molecular weight excluding hydrogens is 374 g/mol. The summed E-state index contributed by atoms with van der Waals surface area (Å²) in [7, 11) is 3.11. The lowest BCUT2D eigenvalue weighted by Gasteiger charge is -2.14. The molecule has 1 aromatic carbocycles. The Hall–Kier alpha value is -2.06. The first-order chi connectivity index (χ1) is 12.5. The Kier molecular flexibility index (Phi) is 7.47. The summed E-state index contributed by atoms with van der Waals surface area (Å²) in [4.78, 5) is 25.3. The summed E-state index contributed by atoms with van der Waals surface area (Å²) < 4.78 is 11.2. The van der Waals surface area contributed by atoms with Gasteiger partial charge < -0.3 is 14.6 Å². The van der Waals surface area contributed by atoms with Gasteiger partial charge in [-0.3, -0.25) is 14.5 Å². The molecule has 1 saturated heterocycles. The molecule has 1 aliphatic rings. The van der Waals surface area contributed by atoms with E-state index in [1.165, 1.54) is 11.8 Å². The molecule has 6 nitrogen and oxygen atoms in total. The number of thiocarbonyl (C=S) groups is 1. The van der Waals surface area contributed by atoms with Crippen molar-refractivity contribution in [3.8, 4) is 11.5 Å². The quantitative estimate of drug-likeness (QED) is 0.389. The fraction of sp³-hybridized carbons (Fsp3) is 0.389. The van der Waals surface area contributed by atoms with Crippen LogP contribution in [0.15, 0.2) is 23.1 Å². The van der Waals surface area contributed by atoms with Crippen molar-refractivity contribution in [2.75, 3.05) is 20.8 Å². The minimum Gasteiger partial charge on any atom is -0.493 e. The fourth-order valence-electron chi connectivity index (χ4n) is 2.58. The van der Waals surface area contributed by atoms with Crippen LogP contribution in [0.25, 0.3) is 6.08 Å². The maximum atomic E-state index is 12.6. The second-order valence-electron chi connectivity index (χ2n) is 5.62. The molecule has 0 spiro atoms. The number of aliphatic carboxylic acids is 1. The van der Waals surface area contributed by atoms with Gasteiger partial charge in [-0.2, -0.15) is 0 Å². The number of carboxylic acids is 1. The number of carbonyl (C=O) groups is 2. The van der Waals surface area contributed by atoms with Crippen LogP contribution in [0.2, 0.25) is 0 Å². The number of para-hydroxylation sites is 1. The predicted octanol–water partition coefficient (Wildman–Crippen LogP) is 3.55. The van der Waals surface area contributed by atoms with Crippen molar-refractivity contribution >= 4 is 46.3 Å². The Labute approximate surface area is 162 Å². The van der Waals surface area contributed by atoms with Crippen molar-refractivity contribution in [1.82, 2.24) is 4.90 Å². The highest BCUT2D eigenvalue weighted by Gasteiger charge is 2.31. The van der Waals surface area contributed by atoms with Crippen LogP contribution in [0.4, 0.5) is 0 Å². The lowest BCUT2D eigenvalue weighted by atomic mass is 10.1. The van der Waals surface area contributed by atoms with Crippen LogP contribution in [-0.4, -0.2) is 47.0 Å². The molecule has 0 radical (unpaired) electrons. The smallest absolute Gasteiger partial charge is 0.303 e. The second-order valence-corrected chi connectivity index (χ2v) is 7.30. The van der Waals surface area contributed by atoms with Gasteiger partial charge in [0.2, 0.25) is 0 Å². The Morgan fingerprint density at radius 1 is 1.27 bits per heavy atom. The third-order valence-electron chi connectivity index (χ3n) is 3.87. The molecule has 1 fully saturated rings. The zero-order valence-corrected chi connectivity index (χ0v) is 16.3. The molecule has 1 aromatic rings. The molecule has 1 amide bonds. The van der Waals surface area contributed by atoms with Crippen molar-refractivity contribution in [1.29, 1.82) is 0 Å². The van der Waals surface area contributed by atoms with E-state index in [1.807, 2.05) is 12.1 Å². The van der Waals surface area contributed by atoms with Gasteiger partial charge in [0.25, 0.3) is 5.91 Å². The van der Waals surface area contributed by atoms with Crippen LogP contribution in [0.5, 0.6) is 11.5 Å². The van der Waals surface area contributed by atoms with Gasteiger partial charge in [-0.1, -0.05) is 42.5 Å². The number of carbonyl (C=O) groups excluding carboxylic acids is 1. The molecule has 1 heterocycles. The van der Waals surface area contributed by atoms with E-state index in [1.54, 1.807) is 31.3 Å². The van der Waals surface area contributed by atoms with Crippen molar-refractivity contribution in [2.24, 2.45) is 0 Å². The molecule has 1 N–H and O–H groups in total. The number of benzene rings is 1. The summed E-state index contributed by atoms with van der Waals surface area (Å²) in [6.07, 6.45) is 3.96. The number of rotatable bonds is 9. The minimum atomic E-state index is -0.800. The summed E-state index contributed by atoms with van der Waals surface area (Å²) in [6.45, 7) is 0.497. The topological polar surface area (TPSA) is 76.1 Å². The van der Waals surface area contributed by atoms with E-state index in [4.69, 9.17) is 26.8 Å². The van der Waals surface area contributed by atoms with E-state index < -0.39 is 5.97 Å². The summed E-state index contributed by atoms with van der Waals surface area (Å²) in [5, 5.41) is 8.65. The van der Waals surface area contributed by atoms with E-state index in [0.29, 0.717) is 33.7 Å². The van der Waals surface area contributed by atoms with Gasteiger partial charge in [-0.15, -0.1) is 0 Å². The molecule has 0 aliphatic carbocycles. The van der Waals surface area contributed by atoms with E-state index >= 15 is 0 Å². The Balaban J connectivity index is 2.06. The molecule has 140 valence electrons. The number of carboxylic acid groups (broad SMARTS) is 1. The second kappa shape index (κ2) is 9.59. The zero-order valence-electron chi connectivity index (χ0n) is 14.7. The summed E-state index contributed by atoms with van der Waals surface area (Å²) in [6, 6.07) is 5.47. The molecule has 0 saturated carbocycles. The Morgan fingerprint density at radius 2 is 2.04 bits per heavy atom. The third kappa shape index (κ3) is 4.98. The Bertz CT molecular complexity index is 732. The van der Waals surface area contributed by atoms with Crippen molar-refractivity contribution in [2.45, 2.75) is 25.7 Å². The molecular formula is C18H21NO5S2. The minimum absolute atomic E-state index is 0.136. The fourth-order valence-corrected chi connectivity index (χ4v) is 3.88. The van der Waals surface area contributed by atoms with Gasteiger partial charge in [-0.25, -0.2) is 0 Å². The highest BCUT2D eigenvalue weighted by molar-refractivity contribution is 8.26. The van der Waals surface area contributed by atoms with Crippen LogP contribution < -0.4 is 9.47 Å². The highest BCUT2D eigenvalue weighted by Crippen LogP contribution is 2.37. The largest absolute Gasteiger partial charge is 0.493 e. The standard InChI is InChI=1S/C18H21NO5S2/c1-23-13-8-6-7-12(16(13)24-2)11-14-17(22)19(18(25)26-14)10-5-3-4-9-15(20)21/h6-8,11H,3-5,9-10H2,1-2H3,(H,20,21)/b14-11-. The predicted molar refractivity (Wildman–Crippen MR) is 106 cm³/mol. The van der Waals surface area contributed by atoms with Gasteiger partial charge in [-0.05, 0) is 25.0 Å². The first-order valence-corrected chi connectivity index (χ1v) is 9.38. The van der Waals surface area contributed by atoms with E-state index in [0.717, 1.165) is 18.4 Å². The molecule has 8 heteroatoms. The molecule has 0 bridgehead atoms. The molecule has 0 unspecified atom stereocenters. The average molecular weight is 396 g/mol. The van der Waals surface area contributed by atoms with Crippen LogP contribution in [0.1, 0.15) is 31.2 Å². The zero-order chi connectivity index (χ0) is 19.1. The number of amides is 1. The SMILES string of the molecule is COc1cccc(/C=C2\SC(=S)N(CCCCCC(=O)O)C2=O)c1OC. The monoisotopic (exact) mass is 395 g/mol. The van der Waals surface area contributed by atoms with Gasteiger partial charge in [0, 0.05) is 18.5 Å². The lowest BCUT2D eigenvalue weighted by Crippen LogP contribution is -2.29. The van der Waals surface area contributed by atoms with E-state index in [9.17, 15) is 9.59 Å². The van der Waals surface area contributed by atoms with Crippen molar-refractivity contribution < 1.29 is 24.2 Å². The van der Waals surface area contributed by atoms with Gasteiger partial charge in [0.05, 0.1) is 19.1 Å². The normalized spacial score (nSPS) is 15.6. The summed E-state index contributed by atoms with van der Waals surface area (Å²) >= 11 is 6.57. The van der Waals surface area contributed by atoms with E-state index in [2.05, 4.69) is 0 Å². The maximum absolute atomic E-state index is 12.6. The number of hydrogen-bond donors (Lipinski definition) is 1. The number of hydrogen-bond acceptors (Lipinski definition) is 6. The maximum Gasteiger partial charge on any atom is 0.303 e.